The fraction of sp³-hybridized carbons (Fsp3) is 0.333. The predicted molar refractivity (Wildman–Crippen MR) is 96.9 cm³/mol. The van der Waals surface area contributed by atoms with Gasteiger partial charge in [-0.1, -0.05) is 12.5 Å². The molecule has 0 bridgehead atoms. The summed E-state index contributed by atoms with van der Waals surface area (Å²) in [5, 5.41) is 0. The average molecular weight is 540 g/mol. The van der Waals surface area contributed by atoms with Crippen LogP contribution in [0, 0.1) is 6.07 Å². The van der Waals surface area contributed by atoms with Gasteiger partial charge in [-0.2, -0.15) is 0 Å². The van der Waals surface area contributed by atoms with Gasteiger partial charge in [0.15, 0.2) is 0 Å². The van der Waals surface area contributed by atoms with Crippen LogP contribution in [0.4, 0.5) is 0 Å². The molecule has 0 spiro atoms. The molecule has 1 aliphatic rings. The standard InChI is InChI=1S/C12H8NO.C6H13NS2.Au/c14-12(10-6-2-1-3-7-10)11-8-4-5-9-13-11;8-6(9)7-4-2-1-3-5-7;/h1-6,8-9H;6,8-9H,1-5H2;/q-1;;+3/p-2. The van der Waals surface area contributed by atoms with Gasteiger partial charge in [0.25, 0.3) is 0 Å². The van der Waals surface area contributed by atoms with Crippen LogP contribution >= 0.6 is 0 Å². The van der Waals surface area contributed by atoms with Crippen molar-refractivity contribution in [1.82, 2.24) is 9.88 Å². The average Bonchev–Trinajstić information content (AvgIpc) is 2.64. The van der Waals surface area contributed by atoms with Crippen LogP contribution in [-0.4, -0.2) is 33.5 Å². The van der Waals surface area contributed by atoms with Crippen molar-refractivity contribution in [1.29, 1.82) is 0 Å². The first kappa shape index (κ1) is 21.5. The van der Waals surface area contributed by atoms with Crippen molar-refractivity contribution in [3.8, 4) is 0 Å². The first-order valence-corrected chi connectivity index (χ1v) is 8.61. The van der Waals surface area contributed by atoms with Crippen molar-refractivity contribution in [2.75, 3.05) is 13.1 Å². The van der Waals surface area contributed by atoms with Gasteiger partial charge in [0.1, 0.15) is 5.78 Å². The van der Waals surface area contributed by atoms with Crippen LogP contribution in [0.5, 0.6) is 0 Å². The summed E-state index contributed by atoms with van der Waals surface area (Å²) in [5.74, 6) is -0.0915. The van der Waals surface area contributed by atoms with E-state index in [-0.39, 0.29) is 32.9 Å². The molecule has 0 saturated carbocycles. The van der Waals surface area contributed by atoms with Crippen LogP contribution in [0.2, 0.25) is 0 Å². The summed E-state index contributed by atoms with van der Waals surface area (Å²) in [6, 6.07) is 15.2. The molecule has 3 nitrogen and oxygen atoms in total. The number of piperidine rings is 1. The molecule has 0 unspecified atom stereocenters. The largest absolute Gasteiger partial charge is 3.00 e. The quantitative estimate of drug-likeness (QED) is 0.259. The molecular weight excluding hydrogens is 521 g/mol. The maximum Gasteiger partial charge on any atom is 3.00 e. The first-order valence-electron chi connectivity index (χ1n) is 7.66. The normalized spacial score (nSPS) is 14.3. The zero-order chi connectivity index (χ0) is 16.5. The van der Waals surface area contributed by atoms with Crippen LogP contribution in [0.25, 0.3) is 0 Å². The molecule has 6 heteroatoms. The molecule has 3 rings (SSSR count). The zero-order valence-corrected chi connectivity index (χ0v) is 17.0. The number of aromatic nitrogens is 1. The van der Waals surface area contributed by atoms with Gasteiger partial charge in [0.2, 0.25) is 0 Å². The van der Waals surface area contributed by atoms with Crippen molar-refractivity contribution < 1.29 is 27.2 Å². The summed E-state index contributed by atoms with van der Waals surface area (Å²) < 4.78 is -0.0645. The van der Waals surface area contributed by atoms with Crippen LogP contribution in [0.3, 0.4) is 0 Å². The molecule has 0 N–H and O–H groups in total. The number of carbonyl (C=O) groups excluding carboxylic acids is 1. The van der Waals surface area contributed by atoms with Crippen molar-refractivity contribution in [3.63, 3.8) is 0 Å². The number of pyridine rings is 1. The molecule has 24 heavy (non-hydrogen) atoms. The third kappa shape index (κ3) is 7.13. The molecule has 0 amide bonds. The second-order valence-corrected chi connectivity index (χ2v) is 6.42. The number of likely N-dealkylation sites (tertiary alicyclic amines) is 1. The molecule has 0 radical (unpaired) electrons. The number of hydrogen-bond donors (Lipinski definition) is 0. The van der Waals surface area contributed by atoms with E-state index >= 15 is 0 Å². The van der Waals surface area contributed by atoms with E-state index in [1.165, 1.54) is 19.3 Å². The number of nitrogens with zero attached hydrogens (tertiary/aromatic N) is 2. The van der Waals surface area contributed by atoms with E-state index in [0.29, 0.717) is 11.3 Å². The monoisotopic (exact) mass is 540 g/mol. The summed E-state index contributed by atoms with van der Waals surface area (Å²) >= 11 is 9.88. The van der Waals surface area contributed by atoms with E-state index in [0.717, 1.165) is 13.1 Å². The minimum absolute atomic E-state index is 0. The number of carbonyl (C=O) groups is 1. The summed E-state index contributed by atoms with van der Waals surface area (Å²) in [6.45, 7) is 2.25. The number of rotatable bonds is 3. The Labute approximate surface area is 170 Å². The number of hydrogen-bond acceptors (Lipinski definition) is 5. The molecule has 2 aromatic rings. The van der Waals surface area contributed by atoms with Crippen LogP contribution in [0.15, 0.2) is 48.7 Å². The molecule has 1 aliphatic heterocycles. The van der Waals surface area contributed by atoms with Gasteiger partial charge in [-0.3, -0.25) is 4.98 Å². The van der Waals surface area contributed by atoms with Crippen molar-refractivity contribution >= 4 is 31.0 Å². The molecule has 1 fully saturated rings. The van der Waals surface area contributed by atoms with Crippen molar-refractivity contribution in [2.45, 2.75) is 24.0 Å². The summed E-state index contributed by atoms with van der Waals surface area (Å²) in [5.41, 5.74) is 1.00. The molecule has 1 aromatic carbocycles. The third-order valence-electron chi connectivity index (χ3n) is 3.54. The topological polar surface area (TPSA) is 33.2 Å². The van der Waals surface area contributed by atoms with Gasteiger partial charge < -0.3 is 35.0 Å². The van der Waals surface area contributed by atoms with Crippen LogP contribution in [-0.2, 0) is 47.6 Å². The second-order valence-electron chi connectivity index (χ2n) is 5.22. The Hall–Kier alpha value is -0.560. The molecule has 130 valence electrons. The van der Waals surface area contributed by atoms with E-state index in [1.807, 2.05) is 12.1 Å². The van der Waals surface area contributed by atoms with Crippen LogP contribution < -0.4 is 0 Å². The van der Waals surface area contributed by atoms with Gasteiger partial charge in [-0.05, 0) is 38.1 Å². The minimum Gasteiger partial charge on any atom is -0.800 e. The third-order valence-corrected chi connectivity index (χ3v) is 4.14. The van der Waals surface area contributed by atoms with Gasteiger partial charge in [-0.25, -0.2) is 4.71 Å². The maximum atomic E-state index is 11.8. The number of benzene rings is 1. The number of ketones is 1. The zero-order valence-electron chi connectivity index (χ0n) is 13.2. The predicted octanol–water partition coefficient (Wildman–Crippen LogP) is 2.96. The fourth-order valence-corrected chi connectivity index (χ4v) is 2.72. The molecule has 0 aliphatic carbocycles. The van der Waals surface area contributed by atoms with E-state index in [4.69, 9.17) is 25.3 Å². The van der Waals surface area contributed by atoms with Gasteiger partial charge in [0, 0.05) is 6.20 Å². The Morgan fingerprint density at radius 2 is 1.79 bits per heavy atom. The van der Waals surface area contributed by atoms with Gasteiger partial charge in [-0.15, -0.1) is 35.9 Å². The Bertz CT molecular complexity index is 549. The summed E-state index contributed by atoms with van der Waals surface area (Å²) in [6.07, 6.45) is 5.53. The Kier molecular flexibility index (Phi) is 10.7. The van der Waals surface area contributed by atoms with Crippen molar-refractivity contribution in [2.24, 2.45) is 0 Å². The van der Waals surface area contributed by atoms with Gasteiger partial charge >= 0.3 is 22.4 Å². The Balaban J connectivity index is 0.000000252. The summed E-state index contributed by atoms with van der Waals surface area (Å²) in [7, 11) is 0. The molecular formula is C18H19AuN2OS2. The van der Waals surface area contributed by atoms with E-state index in [9.17, 15) is 4.79 Å². The molecule has 1 saturated heterocycles. The summed E-state index contributed by atoms with van der Waals surface area (Å²) in [4.78, 5) is 17.9. The van der Waals surface area contributed by atoms with E-state index in [2.05, 4.69) is 16.0 Å². The van der Waals surface area contributed by atoms with Crippen LogP contribution in [0.1, 0.15) is 35.3 Å². The molecule has 2 heterocycles. The van der Waals surface area contributed by atoms with Crippen molar-refractivity contribution in [3.05, 3.63) is 66.0 Å². The van der Waals surface area contributed by atoms with Gasteiger partial charge in [0.05, 0.1) is 5.69 Å². The molecule has 0 atom stereocenters. The smallest absolute Gasteiger partial charge is 0.800 e. The minimum atomic E-state index is -0.0915. The second kappa shape index (κ2) is 11.9. The Morgan fingerprint density at radius 3 is 2.29 bits per heavy atom. The SMILES string of the molecule is O=C(c1[c-]cccc1)c1ccccn1.[Au+3].[S-]C([S-])N1CCCCC1. The fourth-order valence-electron chi connectivity index (χ4n) is 2.30. The van der Waals surface area contributed by atoms with E-state index < -0.39 is 0 Å². The Morgan fingerprint density at radius 1 is 1.08 bits per heavy atom. The van der Waals surface area contributed by atoms with E-state index in [1.54, 1.807) is 36.5 Å². The molecule has 1 aromatic heterocycles. The first-order chi connectivity index (χ1) is 11.2. The maximum absolute atomic E-state index is 11.8.